The number of hydrogen-bond acceptors (Lipinski definition) is 6. The summed E-state index contributed by atoms with van der Waals surface area (Å²) < 4.78 is 14.1. The Labute approximate surface area is 138 Å². The van der Waals surface area contributed by atoms with Crippen LogP contribution in [0.4, 0.5) is 21.8 Å². The van der Waals surface area contributed by atoms with Gasteiger partial charge in [0.2, 0.25) is 5.95 Å². The quantitative estimate of drug-likeness (QED) is 0.900. The highest BCUT2D eigenvalue weighted by Gasteiger charge is 2.48. The number of benzene rings is 1. The first-order valence-corrected chi connectivity index (χ1v) is 8.09. The standard InChI is InChI=1S/C17H17FN6/c18-14-6-21-16(24-9-17(10-24)7-20-8-17)23-15(14)22-13-2-1-11-4-19-5-12(11)3-13/h1-3,5-6,20H,4,7-10H2,(H,21,22,23). The van der Waals surface area contributed by atoms with Crippen molar-refractivity contribution in [2.75, 3.05) is 36.4 Å². The van der Waals surface area contributed by atoms with Gasteiger partial charge in [0.15, 0.2) is 11.6 Å². The summed E-state index contributed by atoms with van der Waals surface area (Å²) in [6.07, 6.45) is 3.08. The molecule has 6 nitrogen and oxygen atoms in total. The van der Waals surface area contributed by atoms with Crippen molar-refractivity contribution >= 4 is 23.7 Å². The van der Waals surface area contributed by atoms with E-state index in [0.29, 0.717) is 17.9 Å². The van der Waals surface area contributed by atoms with E-state index in [1.807, 2.05) is 24.4 Å². The largest absolute Gasteiger partial charge is 0.339 e. The molecule has 2 fully saturated rings. The molecule has 5 rings (SSSR count). The normalized spacial score (nSPS) is 19.8. The topological polar surface area (TPSA) is 65.4 Å². The Bertz CT molecular complexity index is 837. The van der Waals surface area contributed by atoms with E-state index < -0.39 is 5.82 Å². The lowest BCUT2D eigenvalue weighted by Crippen LogP contribution is -2.71. The molecule has 3 aliphatic heterocycles. The van der Waals surface area contributed by atoms with Gasteiger partial charge in [0.25, 0.3) is 0 Å². The van der Waals surface area contributed by atoms with Crippen LogP contribution in [-0.2, 0) is 6.54 Å². The van der Waals surface area contributed by atoms with Gasteiger partial charge in [-0.2, -0.15) is 4.98 Å². The molecule has 1 spiro atoms. The maximum Gasteiger partial charge on any atom is 0.227 e. The van der Waals surface area contributed by atoms with E-state index in [-0.39, 0.29) is 5.82 Å². The van der Waals surface area contributed by atoms with Crippen molar-refractivity contribution in [1.82, 2.24) is 15.3 Å². The maximum atomic E-state index is 14.1. The summed E-state index contributed by atoms with van der Waals surface area (Å²) >= 11 is 0. The molecule has 2 aromatic rings. The minimum atomic E-state index is -0.450. The van der Waals surface area contributed by atoms with Crippen LogP contribution in [0.15, 0.2) is 29.4 Å². The second-order valence-corrected chi connectivity index (χ2v) is 6.83. The molecule has 1 aromatic carbocycles. The van der Waals surface area contributed by atoms with Gasteiger partial charge in [0.1, 0.15) is 0 Å². The van der Waals surface area contributed by atoms with Gasteiger partial charge in [-0.05, 0) is 23.3 Å². The molecule has 7 heteroatoms. The van der Waals surface area contributed by atoms with Crippen LogP contribution in [0, 0.1) is 11.2 Å². The fraction of sp³-hybridized carbons (Fsp3) is 0.353. The molecular formula is C17H17FN6. The third-order valence-electron chi connectivity index (χ3n) is 4.97. The summed E-state index contributed by atoms with van der Waals surface area (Å²) in [5.41, 5.74) is 3.43. The van der Waals surface area contributed by atoms with Crippen LogP contribution in [-0.4, -0.2) is 42.4 Å². The van der Waals surface area contributed by atoms with E-state index in [1.165, 1.54) is 11.8 Å². The molecule has 0 saturated carbocycles. The molecule has 1 aromatic heterocycles. The van der Waals surface area contributed by atoms with Crippen LogP contribution < -0.4 is 15.5 Å². The Kier molecular flexibility index (Phi) is 2.87. The van der Waals surface area contributed by atoms with Crippen molar-refractivity contribution in [3.8, 4) is 0 Å². The first-order valence-electron chi connectivity index (χ1n) is 8.09. The molecule has 2 saturated heterocycles. The number of nitrogens with one attached hydrogen (secondary N) is 2. The molecule has 3 aliphatic rings. The summed E-state index contributed by atoms with van der Waals surface area (Å²) in [6.45, 7) is 4.67. The summed E-state index contributed by atoms with van der Waals surface area (Å²) in [5.74, 6) is 0.343. The van der Waals surface area contributed by atoms with Crippen molar-refractivity contribution in [3.05, 3.63) is 41.3 Å². The molecule has 0 amide bonds. The Morgan fingerprint density at radius 2 is 2.12 bits per heavy atom. The van der Waals surface area contributed by atoms with Gasteiger partial charge in [0, 0.05) is 43.5 Å². The van der Waals surface area contributed by atoms with E-state index in [0.717, 1.165) is 37.4 Å². The van der Waals surface area contributed by atoms with Crippen LogP contribution in [0.2, 0.25) is 0 Å². The van der Waals surface area contributed by atoms with Gasteiger partial charge < -0.3 is 15.5 Å². The molecule has 0 bridgehead atoms. The Morgan fingerprint density at radius 3 is 2.92 bits per heavy atom. The minimum Gasteiger partial charge on any atom is -0.339 e. The first kappa shape index (κ1) is 13.9. The van der Waals surface area contributed by atoms with Gasteiger partial charge >= 0.3 is 0 Å². The second kappa shape index (κ2) is 4.98. The number of anilines is 3. The number of nitrogens with zero attached hydrogens (tertiary/aromatic N) is 4. The molecule has 0 radical (unpaired) electrons. The average molecular weight is 324 g/mol. The second-order valence-electron chi connectivity index (χ2n) is 6.83. The molecular weight excluding hydrogens is 307 g/mol. The third kappa shape index (κ3) is 2.16. The lowest BCUT2D eigenvalue weighted by molar-refractivity contribution is 0.119. The number of hydrogen-bond donors (Lipinski definition) is 2. The molecule has 0 atom stereocenters. The van der Waals surface area contributed by atoms with Crippen LogP contribution >= 0.6 is 0 Å². The van der Waals surface area contributed by atoms with Gasteiger partial charge in [-0.1, -0.05) is 6.07 Å². The fourth-order valence-electron chi connectivity index (χ4n) is 3.52. The number of fused-ring (bicyclic) bond motifs is 1. The van der Waals surface area contributed by atoms with Crippen molar-refractivity contribution in [3.63, 3.8) is 0 Å². The SMILES string of the molecule is Fc1cnc(N2CC3(CNC3)C2)nc1Nc1ccc2c(c1)C=NC2. The molecule has 4 heterocycles. The Balaban J connectivity index is 1.37. The highest BCUT2D eigenvalue weighted by molar-refractivity contribution is 5.86. The molecule has 122 valence electrons. The smallest absolute Gasteiger partial charge is 0.227 e. The lowest BCUT2D eigenvalue weighted by atomic mass is 9.75. The number of aliphatic imine (C=N–C) groups is 1. The van der Waals surface area contributed by atoms with Crippen LogP contribution in [0.1, 0.15) is 11.1 Å². The number of halogens is 1. The summed E-state index contributed by atoms with van der Waals surface area (Å²) in [7, 11) is 0. The van der Waals surface area contributed by atoms with Crippen molar-refractivity contribution < 1.29 is 4.39 Å². The molecule has 0 unspecified atom stereocenters. The first-order chi connectivity index (χ1) is 11.7. The van der Waals surface area contributed by atoms with E-state index in [4.69, 9.17) is 0 Å². The fourth-order valence-corrected chi connectivity index (χ4v) is 3.52. The summed E-state index contributed by atoms with van der Waals surface area (Å²) in [4.78, 5) is 14.9. The van der Waals surface area contributed by atoms with E-state index in [9.17, 15) is 4.39 Å². The monoisotopic (exact) mass is 324 g/mol. The summed E-state index contributed by atoms with van der Waals surface area (Å²) in [6, 6.07) is 5.90. The van der Waals surface area contributed by atoms with Gasteiger partial charge in [-0.3, -0.25) is 4.99 Å². The van der Waals surface area contributed by atoms with Gasteiger partial charge in [-0.25, -0.2) is 9.37 Å². The number of rotatable bonds is 3. The van der Waals surface area contributed by atoms with E-state index >= 15 is 0 Å². The van der Waals surface area contributed by atoms with E-state index in [2.05, 4.69) is 30.5 Å². The van der Waals surface area contributed by atoms with Crippen molar-refractivity contribution in [1.29, 1.82) is 0 Å². The highest BCUT2D eigenvalue weighted by Crippen LogP contribution is 2.36. The van der Waals surface area contributed by atoms with Crippen LogP contribution in [0.5, 0.6) is 0 Å². The highest BCUT2D eigenvalue weighted by atomic mass is 19.1. The zero-order valence-corrected chi connectivity index (χ0v) is 13.1. The predicted molar refractivity (Wildman–Crippen MR) is 90.5 cm³/mol. The van der Waals surface area contributed by atoms with Crippen LogP contribution in [0.25, 0.3) is 0 Å². The van der Waals surface area contributed by atoms with E-state index in [1.54, 1.807) is 0 Å². The van der Waals surface area contributed by atoms with Gasteiger partial charge in [-0.15, -0.1) is 0 Å². The maximum absolute atomic E-state index is 14.1. The minimum absolute atomic E-state index is 0.211. The van der Waals surface area contributed by atoms with Crippen molar-refractivity contribution in [2.24, 2.45) is 10.4 Å². The average Bonchev–Trinajstić information content (AvgIpc) is 2.95. The van der Waals surface area contributed by atoms with Gasteiger partial charge in [0.05, 0.1) is 12.7 Å². The van der Waals surface area contributed by atoms with Crippen molar-refractivity contribution in [2.45, 2.75) is 6.54 Å². The molecule has 2 N–H and O–H groups in total. The number of aromatic nitrogens is 2. The zero-order valence-electron chi connectivity index (χ0n) is 13.1. The molecule has 24 heavy (non-hydrogen) atoms. The Morgan fingerprint density at radius 1 is 1.25 bits per heavy atom. The third-order valence-corrected chi connectivity index (χ3v) is 4.97. The predicted octanol–water partition coefficient (Wildman–Crippen LogP) is 1.70. The Hall–Kier alpha value is -2.54. The summed E-state index contributed by atoms with van der Waals surface area (Å²) in [5, 5.41) is 6.37. The lowest BCUT2D eigenvalue weighted by Gasteiger charge is -2.55. The zero-order chi connectivity index (χ0) is 16.1. The van der Waals surface area contributed by atoms with Crippen LogP contribution in [0.3, 0.4) is 0 Å². The molecule has 0 aliphatic carbocycles.